The summed E-state index contributed by atoms with van der Waals surface area (Å²) in [5, 5.41) is 29.9. The number of aliphatic hydroxyl groups excluding tert-OH is 1. The Hall–Kier alpha value is -1.18. The van der Waals surface area contributed by atoms with E-state index in [0.29, 0.717) is 0 Å². The van der Waals surface area contributed by atoms with Gasteiger partial charge in [0.2, 0.25) is 0 Å². The maximum absolute atomic E-state index is 10.8. The lowest BCUT2D eigenvalue weighted by atomic mass is 9.81. The number of nitrogens with zero attached hydrogens (tertiary/aromatic N) is 1. The van der Waals surface area contributed by atoms with E-state index >= 15 is 0 Å². The number of nitro groups is 1. The van der Waals surface area contributed by atoms with Gasteiger partial charge in [0.05, 0.1) is 9.40 Å². The number of nitro benzene ring substituents is 1. The fourth-order valence-corrected chi connectivity index (χ4v) is 1.93. The molecule has 1 atom stereocenters. The molecule has 100 valence electrons. The Morgan fingerprint density at radius 1 is 1.56 bits per heavy atom. The van der Waals surface area contributed by atoms with Crippen molar-refractivity contribution in [2.75, 3.05) is 6.61 Å². The van der Waals surface area contributed by atoms with Gasteiger partial charge in [-0.15, -0.1) is 0 Å². The van der Waals surface area contributed by atoms with E-state index in [9.17, 15) is 20.3 Å². The van der Waals surface area contributed by atoms with Crippen molar-refractivity contribution in [1.29, 1.82) is 0 Å². The molecular formula is C11H15BrN2O4. The first-order chi connectivity index (χ1) is 8.20. The molecule has 0 radical (unpaired) electrons. The number of hydrogen-bond donors (Lipinski definition) is 3. The van der Waals surface area contributed by atoms with Gasteiger partial charge >= 0.3 is 0 Å². The minimum absolute atomic E-state index is 0.144. The number of aromatic hydroxyl groups is 1. The molecule has 0 aliphatic rings. The average molecular weight is 319 g/mol. The van der Waals surface area contributed by atoms with Crippen molar-refractivity contribution in [3.63, 3.8) is 0 Å². The fraction of sp³-hybridized carbons (Fsp3) is 0.455. The second kappa shape index (κ2) is 5.21. The number of phenolic OH excluding ortho intramolecular Hbond substituents is 1. The maximum atomic E-state index is 10.8. The fourth-order valence-electron chi connectivity index (χ4n) is 1.47. The van der Waals surface area contributed by atoms with Crippen LogP contribution in [-0.4, -0.2) is 21.7 Å². The van der Waals surface area contributed by atoms with E-state index in [2.05, 4.69) is 15.9 Å². The summed E-state index contributed by atoms with van der Waals surface area (Å²) in [6.07, 6.45) is 0. The lowest BCUT2D eigenvalue weighted by Gasteiger charge is -2.30. The molecule has 0 aromatic heterocycles. The van der Waals surface area contributed by atoms with Gasteiger partial charge in [-0.1, -0.05) is 13.8 Å². The van der Waals surface area contributed by atoms with Gasteiger partial charge in [0.1, 0.15) is 5.75 Å². The van der Waals surface area contributed by atoms with Gasteiger partial charge < -0.3 is 15.9 Å². The number of nitrogens with two attached hydrogens (primary N) is 1. The molecular weight excluding hydrogens is 304 g/mol. The minimum atomic E-state index is -0.723. The lowest BCUT2D eigenvalue weighted by Crippen LogP contribution is -2.32. The first-order valence-corrected chi connectivity index (χ1v) is 6.03. The molecule has 0 heterocycles. The number of rotatable bonds is 4. The Bertz CT molecular complexity index is 476. The van der Waals surface area contributed by atoms with Crippen LogP contribution in [0, 0.1) is 15.5 Å². The summed E-state index contributed by atoms with van der Waals surface area (Å²) in [5.41, 5.74) is 5.32. The molecule has 0 spiro atoms. The molecule has 1 aromatic rings. The monoisotopic (exact) mass is 318 g/mol. The zero-order valence-corrected chi connectivity index (χ0v) is 11.6. The topological polar surface area (TPSA) is 110 Å². The van der Waals surface area contributed by atoms with Gasteiger partial charge in [-0.3, -0.25) is 10.1 Å². The van der Waals surface area contributed by atoms with E-state index in [1.54, 1.807) is 13.8 Å². The Morgan fingerprint density at radius 2 is 2.11 bits per heavy atom. The third kappa shape index (κ3) is 2.80. The molecule has 4 N–H and O–H groups in total. The van der Waals surface area contributed by atoms with Gasteiger partial charge in [-0.2, -0.15) is 0 Å². The molecule has 6 nitrogen and oxygen atoms in total. The van der Waals surface area contributed by atoms with Gasteiger partial charge in [-0.25, -0.2) is 0 Å². The smallest absolute Gasteiger partial charge is 0.271 e. The van der Waals surface area contributed by atoms with Crippen LogP contribution in [0.1, 0.15) is 25.5 Å². The molecule has 1 rings (SSSR count). The lowest BCUT2D eigenvalue weighted by molar-refractivity contribution is -0.385. The second-order valence-corrected chi connectivity index (χ2v) is 5.60. The van der Waals surface area contributed by atoms with Crippen LogP contribution in [0.25, 0.3) is 0 Å². The number of phenols is 1. The molecule has 0 unspecified atom stereocenters. The van der Waals surface area contributed by atoms with Crippen LogP contribution < -0.4 is 5.73 Å². The molecule has 0 bridgehead atoms. The largest absolute Gasteiger partial charge is 0.506 e. The van der Waals surface area contributed by atoms with E-state index < -0.39 is 16.4 Å². The predicted molar refractivity (Wildman–Crippen MR) is 70.3 cm³/mol. The van der Waals surface area contributed by atoms with Crippen LogP contribution in [0.2, 0.25) is 0 Å². The molecule has 7 heteroatoms. The first-order valence-electron chi connectivity index (χ1n) is 5.24. The summed E-state index contributed by atoms with van der Waals surface area (Å²) in [6, 6.07) is 1.71. The van der Waals surface area contributed by atoms with Gasteiger partial charge in [0.15, 0.2) is 0 Å². The first kappa shape index (κ1) is 14.9. The summed E-state index contributed by atoms with van der Waals surface area (Å²) in [6.45, 7) is 3.22. The quantitative estimate of drug-likeness (QED) is 0.581. The number of benzene rings is 1. The molecule has 0 fully saturated rings. The highest BCUT2D eigenvalue weighted by Gasteiger charge is 2.31. The molecule has 1 aromatic carbocycles. The third-order valence-electron chi connectivity index (χ3n) is 2.87. The molecule has 0 amide bonds. The third-order valence-corrected chi connectivity index (χ3v) is 3.48. The van der Waals surface area contributed by atoms with Crippen molar-refractivity contribution < 1.29 is 15.1 Å². The van der Waals surface area contributed by atoms with E-state index in [1.807, 2.05) is 0 Å². The van der Waals surface area contributed by atoms with E-state index in [1.165, 1.54) is 12.1 Å². The van der Waals surface area contributed by atoms with Crippen molar-refractivity contribution in [2.45, 2.75) is 19.9 Å². The summed E-state index contributed by atoms with van der Waals surface area (Å²) in [5.74, 6) is -0.144. The highest BCUT2D eigenvalue weighted by atomic mass is 79.9. The predicted octanol–water partition coefficient (Wildman–Crippen LogP) is 2.08. The Balaban J connectivity index is 3.35. The minimum Gasteiger partial charge on any atom is -0.506 e. The zero-order valence-electron chi connectivity index (χ0n) is 10.1. The Morgan fingerprint density at radius 3 is 2.56 bits per heavy atom. The van der Waals surface area contributed by atoms with Crippen LogP contribution in [0.3, 0.4) is 0 Å². The summed E-state index contributed by atoms with van der Waals surface area (Å²) in [4.78, 5) is 10.2. The summed E-state index contributed by atoms with van der Waals surface area (Å²) >= 11 is 3.05. The summed E-state index contributed by atoms with van der Waals surface area (Å²) < 4.78 is 0.205. The molecule has 0 aliphatic carbocycles. The van der Waals surface area contributed by atoms with Crippen molar-refractivity contribution in [3.8, 4) is 5.75 Å². The number of aliphatic hydroxyl groups is 1. The average Bonchev–Trinajstić information content (AvgIpc) is 2.31. The Kier molecular flexibility index (Phi) is 4.31. The normalized spacial score (nSPS) is 13.4. The van der Waals surface area contributed by atoms with Gasteiger partial charge in [-0.05, 0) is 15.9 Å². The maximum Gasteiger partial charge on any atom is 0.271 e. The summed E-state index contributed by atoms with van der Waals surface area (Å²) in [7, 11) is 0. The van der Waals surface area contributed by atoms with Crippen molar-refractivity contribution in [2.24, 2.45) is 11.1 Å². The molecule has 0 saturated heterocycles. The van der Waals surface area contributed by atoms with Crippen molar-refractivity contribution in [1.82, 2.24) is 0 Å². The number of halogens is 1. The van der Waals surface area contributed by atoms with Crippen molar-refractivity contribution >= 4 is 21.6 Å². The molecule has 18 heavy (non-hydrogen) atoms. The highest BCUT2D eigenvalue weighted by molar-refractivity contribution is 9.10. The molecule has 0 saturated carbocycles. The second-order valence-electron chi connectivity index (χ2n) is 4.75. The zero-order chi connectivity index (χ0) is 14.1. The molecule has 0 aliphatic heterocycles. The van der Waals surface area contributed by atoms with Crippen LogP contribution in [0.5, 0.6) is 5.75 Å². The van der Waals surface area contributed by atoms with Crippen molar-refractivity contribution in [3.05, 3.63) is 32.3 Å². The van der Waals surface area contributed by atoms with E-state index in [4.69, 9.17) is 5.73 Å². The standard InChI is InChI=1S/C11H15BrN2O4/c1-11(2,5-15)10(13)7-3-6(14(17)18)4-8(12)9(7)16/h3-4,10,15-16H,5,13H2,1-2H3/t10-/m0/s1. The van der Waals surface area contributed by atoms with Crippen LogP contribution in [0.15, 0.2) is 16.6 Å². The SMILES string of the molecule is CC(C)(CO)[C@@H](N)c1cc([N+](=O)[O-])cc(Br)c1O. The van der Waals surface area contributed by atoms with Crippen LogP contribution >= 0.6 is 15.9 Å². The number of hydrogen-bond acceptors (Lipinski definition) is 5. The van der Waals surface area contributed by atoms with Crippen LogP contribution in [-0.2, 0) is 0 Å². The highest BCUT2D eigenvalue weighted by Crippen LogP contribution is 2.40. The number of non-ortho nitro benzene ring substituents is 1. The van der Waals surface area contributed by atoms with Gasteiger partial charge in [0.25, 0.3) is 5.69 Å². The Labute approximate surface area is 113 Å². The van der Waals surface area contributed by atoms with Gasteiger partial charge in [0, 0.05) is 35.8 Å². The van der Waals surface area contributed by atoms with E-state index in [0.717, 1.165) is 0 Å². The van der Waals surface area contributed by atoms with Crippen LogP contribution in [0.4, 0.5) is 5.69 Å². The van der Waals surface area contributed by atoms with E-state index in [-0.39, 0.29) is 28.1 Å².